The minimum atomic E-state index is -0.0777. The standard InChI is InChI=1S/C50H40N6O/c1-50(2,3)32-24-25-51-43(28-32)56-42-30-36(57-35-17-13-16-34(29-35)54-27-26-52(4)31-54)22-23-39(42)46-48-45(47-44(49(46)56)37-18-9-11-20-40(37)53(47)5)38-19-10-12-21-41(38)55(48)33-14-7-6-8-15-33/h6-30H,1-5H3. The van der Waals surface area contributed by atoms with Gasteiger partial charge in [0.25, 0.3) is 0 Å². The topological polar surface area (TPSA) is 45.7 Å². The van der Waals surface area contributed by atoms with Gasteiger partial charge in [0.05, 0.1) is 40.3 Å². The first-order chi connectivity index (χ1) is 27.7. The van der Waals surface area contributed by atoms with Crippen LogP contribution < -0.4 is 9.30 Å². The molecular formula is C50H40N6O. The average Bonchev–Trinajstić information content (AvgIpc) is 3.98. The van der Waals surface area contributed by atoms with Gasteiger partial charge in [-0.05, 0) is 71.6 Å². The largest absolute Gasteiger partial charge is 0.458 e. The smallest absolute Gasteiger partial charge is 0.243 e. The molecule has 11 rings (SSSR count). The maximum atomic E-state index is 6.73. The Balaban J connectivity index is 1.32. The number of imidazole rings is 1. The Kier molecular flexibility index (Phi) is 7.11. The van der Waals surface area contributed by atoms with Crippen molar-refractivity contribution in [3.05, 3.63) is 164 Å². The molecule has 7 heteroatoms. The van der Waals surface area contributed by atoms with Crippen molar-refractivity contribution in [3.63, 3.8) is 0 Å². The molecular weight excluding hydrogens is 701 g/mol. The molecule has 0 aliphatic heterocycles. The number of aryl methyl sites for hydroxylation is 2. The zero-order valence-corrected chi connectivity index (χ0v) is 32.5. The number of hydrogen-bond donors (Lipinski definition) is 0. The summed E-state index contributed by atoms with van der Waals surface area (Å²) in [6.45, 7) is 6.77. The maximum absolute atomic E-state index is 6.73. The summed E-state index contributed by atoms with van der Waals surface area (Å²) in [7, 11) is 4.18. The van der Waals surface area contributed by atoms with Crippen LogP contribution in [0.2, 0.25) is 0 Å². The number of benzene rings is 6. The van der Waals surface area contributed by atoms with Crippen molar-refractivity contribution in [1.29, 1.82) is 0 Å². The molecule has 0 aliphatic rings. The number of ether oxygens (including phenoxy) is 1. The second kappa shape index (κ2) is 12.2. The van der Waals surface area contributed by atoms with Gasteiger partial charge < -0.3 is 23.0 Å². The molecule has 57 heavy (non-hydrogen) atoms. The van der Waals surface area contributed by atoms with Crippen molar-refractivity contribution < 1.29 is 9.30 Å². The predicted molar refractivity (Wildman–Crippen MR) is 231 cm³/mol. The van der Waals surface area contributed by atoms with Crippen LogP contribution in [0.15, 0.2) is 152 Å². The van der Waals surface area contributed by atoms with Crippen molar-refractivity contribution in [3.8, 4) is 28.7 Å². The van der Waals surface area contributed by atoms with Crippen molar-refractivity contribution in [1.82, 2.24) is 23.3 Å². The Labute approximate surface area is 329 Å². The lowest BCUT2D eigenvalue weighted by Crippen LogP contribution is -2.27. The fourth-order valence-electron chi connectivity index (χ4n) is 8.92. The third-order valence-corrected chi connectivity index (χ3v) is 11.5. The van der Waals surface area contributed by atoms with Crippen molar-refractivity contribution in [2.75, 3.05) is 0 Å². The van der Waals surface area contributed by atoms with E-state index >= 15 is 0 Å². The quantitative estimate of drug-likeness (QED) is 0.130. The van der Waals surface area contributed by atoms with Gasteiger partial charge in [-0.2, -0.15) is 0 Å². The number of rotatable bonds is 5. The highest BCUT2D eigenvalue weighted by atomic mass is 16.5. The van der Waals surface area contributed by atoms with Crippen LogP contribution >= 0.6 is 0 Å². The molecule has 5 heterocycles. The van der Waals surface area contributed by atoms with Crippen molar-refractivity contribution >= 4 is 65.4 Å². The van der Waals surface area contributed by atoms with Crippen LogP contribution in [-0.2, 0) is 19.5 Å². The summed E-state index contributed by atoms with van der Waals surface area (Å²) in [5.74, 6) is 2.36. The highest BCUT2D eigenvalue weighted by Crippen LogP contribution is 2.49. The fraction of sp³-hybridized carbons (Fsp3) is 0.120. The number of hydrogen-bond acceptors (Lipinski definition) is 2. The minimum absolute atomic E-state index is 0.0777. The monoisotopic (exact) mass is 740 g/mol. The Morgan fingerprint density at radius 2 is 1.26 bits per heavy atom. The molecule has 0 bridgehead atoms. The molecule has 0 N–H and O–H groups in total. The zero-order chi connectivity index (χ0) is 38.6. The molecule has 0 saturated heterocycles. The van der Waals surface area contributed by atoms with Crippen molar-refractivity contribution in [2.45, 2.75) is 26.2 Å². The van der Waals surface area contributed by atoms with E-state index in [1.165, 1.54) is 54.6 Å². The lowest BCUT2D eigenvalue weighted by atomic mass is 9.88. The number of para-hydroxylation sites is 3. The summed E-state index contributed by atoms with van der Waals surface area (Å²) in [5.41, 5.74) is 10.1. The van der Waals surface area contributed by atoms with Crippen LogP contribution in [-0.4, -0.2) is 23.3 Å². The lowest BCUT2D eigenvalue weighted by molar-refractivity contribution is -0.599. The van der Waals surface area contributed by atoms with Gasteiger partial charge in [-0.3, -0.25) is 4.57 Å². The Morgan fingerprint density at radius 3 is 2.02 bits per heavy atom. The molecule has 7 nitrogen and oxygen atoms in total. The number of fused-ring (bicyclic) bond motifs is 12. The van der Waals surface area contributed by atoms with Gasteiger partial charge >= 0.3 is 0 Å². The van der Waals surface area contributed by atoms with Crippen LogP contribution in [0, 0.1) is 6.33 Å². The molecule has 0 radical (unpaired) electrons. The van der Waals surface area contributed by atoms with E-state index in [0.717, 1.165) is 45.1 Å². The van der Waals surface area contributed by atoms with Gasteiger partial charge in [0.2, 0.25) is 6.33 Å². The lowest BCUT2D eigenvalue weighted by Gasteiger charge is -2.20. The average molecular weight is 741 g/mol. The summed E-state index contributed by atoms with van der Waals surface area (Å²) in [4.78, 5) is 5.15. The third-order valence-electron chi connectivity index (χ3n) is 11.5. The summed E-state index contributed by atoms with van der Waals surface area (Å²) in [5, 5.41) is 7.17. The molecule has 0 amide bonds. The molecule has 276 valence electrons. The first-order valence-electron chi connectivity index (χ1n) is 19.4. The summed E-state index contributed by atoms with van der Waals surface area (Å²) in [6, 6.07) is 47.5. The number of nitrogens with zero attached hydrogens (tertiary/aromatic N) is 6. The first-order valence-corrected chi connectivity index (χ1v) is 19.4. The SMILES string of the molecule is Cn1[c-][n+](-c2cccc(Oc3ccc4c5c6c(c7ccccc7n6-c6ccccc6)c6c(c7ccccc7n6C)c5n(-c5cc(C(C)(C)C)ccn5)c4c3)c2)cc1. The van der Waals surface area contributed by atoms with E-state index < -0.39 is 0 Å². The molecule has 0 unspecified atom stereocenters. The summed E-state index contributed by atoms with van der Waals surface area (Å²) < 4.78 is 17.8. The fourth-order valence-corrected chi connectivity index (χ4v) is 8.92. The van der Waals surface area contributed by atoms with E-state index in [2.05, 4.69) is 163 Å². The minimum Gasteiger partial charge on any atom is -0.458 e. The van der Waals surface area contributed by atoms with Gasteiger partial charge in [-0.15, -0.1) is 0 Å². The van der Waals surface area contributed by atoms with E-state index in [-0.39, 0.29) is 5.41 Å². The second-order valence-electron chi connectivity index (χ2n) is 16.1. The van der Waals surface area contributed by atoms with Gasteiger partial charge in [-0.1, -0.05) is 87.5 Å². The highest BCUT2D eigenvalue weighted by molar-refractivity contribution is 6.40. The molecule has 6 aromatic carbocycles. The predicted octanol–water partition coefficient (Wildman–Crippen LogP) is 11.4. The van der Waals surface area contributed by atoms with E-state index in [4.69, 9.17) is 9.72 Å². The van der Waals surface area contributed by atoms with Crippen LogP contribution in [0.3, 0.4) is 0 Å². The molecule has 0 fully saturated rings. The van der Waals surface area contributed by atoms with Gasteiger partial charge in [0.15, 0.2) is 0 Å². The molecule has 0 atom stereocenters. The van der Waals surface area contributed by atoms with Gasteiger partial charge in [-0.25, -0.2) is 4.98 Å². The molecule has 0 aliphatic carbocycles. The van der Waals surface area contributed by atoms with Crippen LogP contribution in [0.25, 0.3) is 82.6 Å². The van der Waals surface area contributed by atoms with Crippen LogP contribution in [0.5, 0.6) is 11.5 Å². The van der Waals surface area contributed by atoms with E-state index in [1.54, 1.807) is 0 Å². The molecule has 5 aromatic heterocycles. The second-order valence-corrected chi connectivity index (χ2v) is 16.1. The van der Waals surface area contributed by atoms with E-state index in [0.29, 0.717) is 0 Å². The summed E-state index contributed by atoms with van der Waals surface area (Å²) in [6.07, 6.45) is 9.22. The molecule has 0 spiro atoms. The van der Waals surface area contributed by atoms with Gasteiger partial charge in [0.1, 0.15) is 17.3 Å². The third kappa shape index (κ3) is 4.98. The van der Waals surface area contributed by atoms with Gasteiger partial charge in [0, 0.05) is 75.2 Å². The maximum Gasteiger partial charge on any atom is 0.243 e. The van der Waals surface area contributed by atoms with E-state index in [1.807, 2.05) is 53.0 Å². The van der Waals surface area contributed by atoms with E-state index in [9.17, 15) is 0 Å². The number of aromatic nitrogens is 6. The summed E-state index contributed by atoms with van der Waals surface area (Å²) >= 11 is 0. The van der Waals surface area contributed by atoms with Crippen LogP contribution in [0.4, 0.5) is 0 Å². The molecule has 11 aromatic rings. The highest BCUT2D eigenvalue weighted by Gasteiger charge is 2.28. The normalized spacial score (nSPS) is 12.3. The zero-order valence-electron chi connectivity index (χ0n) is 32.5. The first kappa shape index (κ1) is 33.2. The van der Waals surface area contributed by atoms with Crippen LogP contribution in [0.1, 0.15) is 26.3 Å². The Morgan fingerprint density at radius 1 is 0.596 bits per heavy atom. The number of pyridine rings is 1. The Hall–Kier alpha value is -7.12. The van der Waals surface area contributed by atoms with Crippen molar-refractivity contribution in [2.24, 2.45) is 14.1 Å². The molecule has 0 saturated carbocycles. The Bertz CT molecular complexity index is 3390.